The molecule has 1 N–H and O–H groups in total. The molecule has 3 nitrogen and oxygen atoms in total. The zero-order valence-corrected chi connectivity index (χ0v) is 14.4. The number of thioether (sulfide) groups is 1. The van der Waals surface area contributed by atoms with Crippen LogP contribution in [-0.2, 0) is 0 Å². The second-order valence-electron chi connectivity index (χ2n) is 5.10. The molecule has 2 aromatic carbocycles. The first kappa shape index (κ1) is 17.0. The Kier molecular flexibility index (Phi) is 6.13. The molecule has 2 aromatic rings. The second kappa shape index (κ2) is 8.30. The van der Waals surface area contributed by atoms with Crippen LogP contribution in [0.5, 0.6) is 0 Å². The van der Waals surface area contributed by atoms with Gasteiger partial charge in [0.25, 0.3) is 5.91 Å². The van der Waals surface area contributed by atoms with Gasteiger partial charge in [0.2, 0.25) is 0 Å². The summed E-state index contributed by atoms with van der Waals surface area (Å²) in [5.74, 6) is 6.05. The lowest BCUT2D eigenvalue weighted by molar-refractivity contribution is 0.0956. The average molecular weight is 324 g/mol. The number of hydrogen-bond donors (Lipinski definition) is 1. The zero-order chi connectivity index (χ0) is 16.7. The zero-order valence-electron chi connectivity index (χ0n) is 13.6. The summed E-state index contributed by atoms with van der Waals surface area (Å²) in [6.45, 7) is 0.323. The number of rotatable bonds is 4. The van der Waals surface area contributed by atoms with Crippen LogP contribution in [0.3, 0.4) is 0 Å². The third-order valence-corrected chi connectivity index (χ3v) is 4.09. The van der Waals surface area contributed by atoms with Crippen LogP contribution in [0, 0.1) is 11.8 Å². The average Bonchev–Trinajstić information content (AvgIpc) is 2.58. The standard InChI is InChI=1S/C19H20N2OS/c1-21(2)17-12-6-4-9-15(17)10-8-14-20-19(22)16-11-5-7-13-18(16)23-3/h4-7,9,11-13H,14H2,1-3H3,(H,20,22). The first-order valence-electron chi connectivity index (χ1n) is 7.30. The third kappa shape index (κ3) is 4.54. The molecular formula is C19H20N2OS. The molecule has 23 heavy (non-hydrogen) atoms. The smallest absolute Gasteiger partial charge is 0.253 e. The number of carbonyl (C=O) groups is 1. The first-order valence-corrected chi connectivity index (χ1v) is 8.52. The summed E-state index contributed by atoms with van der Waals surface area (Å²) in [5.41, 5.74) is 2.71. The quantitative estimate of drug-likeness (QED) is 0.692. The summed E-state index contributed by atoms with van der Waals surface area (Å²) >= 11 is 1.56. The van der Waals surface area contributed by atoms with Crippen molar-refractivity contribution in [2.24, 2.45) is 0 Å². The Labute approximate surface area is 142 Å². The number of para-hydroxylation sites is 1. The Morgan fingerprint density at radius 1 is 1.13 bits per heavy atom. The van der Waals surface area contributed by atoms with Crippen LogP contribution in [0.15, 0.2) is 53.4 Å². The maximum atomic E-state index is 12.2. The Morgan fingerprint density at radius 2 is 1.83 bits per heavy atom. The molecule has 0 aliphatic carbocycles. The van der Waals surface area contributed by atoms with Crippen molar-refractivity contribution in [3.63, 3.8) is 0 Å². The van der Waals surface area contributed by atoms with E-state index in [2.05, 4.69) is 17.2 Å². The van der Waals surface area contributed by atoms with E-state index in [1.165, 1.54) is 0 Å². The fraction of sp³-hybridized carbons (Fsp3) is 0.211. The third-order valence-electron chi connectivity index (χ3n) is 3.30. The fourth-order valence-corrected chi connectivity index (χ4v) is 2.76. The highest BCUT2D eigenvalue weighted by Crippen LogP contribution is 2.19. The van der Waals surface area contributed by atoms with Crippen LogP contribution >= 0.6 is 11.8 Å². The number of amides is 1. The van der Waals surface area contributed by atoms with Crippen LogP contribution in [0.1, 0.15) is 15.9 Å². The van der Waals surface area contributed by atoms with E-state index in [1.54, 1.807) is 11.8 Å². The van der Waals surface area contributed by atoms with Gasteiger partial charge in [0.1, 0.15) is 0 Å². The van der Waals surface area contributed by atoms with Crippen molar-refractivity contribution in [3.8, 4) is 11.8 Å². The molecule has 4 heteroatoms. The lowest BCUT2D eigenvalue weighted by atomic mass is 10.1. The van der Waals surface area contributed by atoms with E-state index in [1.807, 2.05) is 73.8 Å². The van der Waals surface area contributed by atoms with E-state index in [-0.39, 0.29) is 5.91 Å². The largest absolute Gasteiger partial charge is 0.377 e. The molecule has 0 aromatic heterocycles. The second-order valence-corrected chi connectivity index (χ2v) is 5.94. The van der Waals surface area contributed by atoms with Crippen molar-refractivity contribution in [2.75, 3.05) is 31.8 Å². The van der Waals surface area contributed by atoms with E-state index in [9.17, 15) is 4.79 Å². The number of anilines is 1. The van der Waals surface area contributed by atoms with E-state index in [0.717, 1.165) is 16.1 Å². The number of carbonyl (C=O) groups excluding carboxylic acids is 1. The van der Waals surface area contributed by atoms with Crippen LogP contribution in [0.4, 0.5) is 5.69 Å². The van der Waals surface area contributed by atoms with Crippen molar-refractivity contribution >= 4 is 23.4 Å². The van der Waals surface area contributed by atoms with Gasteiger partial charge < -0.3 is 10.2 Å². The van der Waals surface area contributed by atoms with Gasteiger partial charge in [-0.1, -0.05) is 36.1 Å². The molecule has 0 spiro atoms. The minimum atomic E-state index is -0.0925. The topological polar surface area (TPSA) is 32.3 Å². The molecule has 118 valence electrons. The summed E-state index contributed by atoms with van der Waals surface area (Å²) in [6, 6.07) is 15.5. The maximum Gasteiger partial charge on any atom is 0.253 e. The van der Waals surface area contributed by atoms with Gasteiger partial charge in [-0.3, -0.25) is 4.79 Å². The van der Waals surface area contributed by atoms with Gasteiger partial charge in [-0.2, -0.15) is 0 Å². The molecule has 0 fully saturated rings. The van der Waals surface area contributed by atoms with Crippen molar-refractivity contribution < 1.29 is 4.79 Å². The van der Waals surface area contributed by atoms with Gasteiger partial charge >= 0.3 is 0 Å². The Balaban J connectivity index is 2.02. The predicted molar refractivity (Wildman–Crippen MR) is 98.2 cm³/mol. The highest BCUT2D eigenvalue weighted by atomic mass is 32.2. The molecule has 0 heterocycles. The number of benzene rings is 2. The minimum Gasteiger partial charge on any atom is -0.377 e. The monoisotopic (exact) mass is 324 g/mol. The maximum absolute atomic E-state index is 12.2. The summed E-state index contributed by atoms with van der Waals surface area (Å²) < 4.78 is 0. The van der Waals surface area contributed by atoms with Crippen LogP contribution < -0.4 is 10.2 Å². The van der Waals surface area contributed by atoms with Gasteiger partial charge in [0.15, 0.2) is 0 Å². The Bertz CT molecular complexity index is 744. The highest BCUT2D eigenvalue weighted by Gasteiger charge is 2.08. The van der Waals surface area contributed by atoms with Crippen LogP contribution in [0.2, 0.25) is 0 Å². The minimum absolute atomic E-state index is 0.0925. The molecule has 0 atom stereocenters. The predicted octanol–water partition coefficient (Wildman–Crippen LogP) is 3.26. The molecule has 2 rings (SSSR count). The van der Waals surface area contributed by atoms with Gasteiger partial charge in [-0.15, -0.1) is 11.8 Å². The van der Waals surface area contributed by atoms with E-state index >= 15 is 0 Å². The van der Waals surface area contributed by atoms with Gasteiger partial charge in [0, 0.05) is 24.6 Å². The van der Waals surface area contributed by atoms with Gasteiger partial charge in [0.05, 0.1) is 17.8 Å². The van der Waals surface area contributed by atoms with Crippen molar-refractivity contribution in [1.82, 2.24) is 5.32 Å². The SMILES string of the molecule is CSc1ccccc1C(=O)NCC#Cc1ccccc1N(C)C. The number of nitrogens with zero attached hydrogens (tertiary/aromatic N) is 1. The molecule has 0 saturated heterocycles. The first-order chi connectivity index (χ1) is 11.1. The summed E-state index contributed by atoms with van der Waals surface area (Å²) in [4.78, 5) is 15.2. The summed E-state index contributed by atoms with van der Waals surface area (Å²) in [5, 5.41) is 2.85. The molecule has 0 aliphatic rings. The summed E-state index contributed by atoms with van der Waals surface area (Å²) in [6.07, 6.45) is 1.96. The molecule has 0 aliphatic heterocycles. The lowest BCUT2D eigenvalue weighted by Crippen LogP contribution is -2.24. The van der Waals surface area contributed by atoms with Crippen LogP contribution in [0.25, 0.3) is 0 Å². The number of hydrogen-bond acceptors (Lipinski definition) is 3. The summed E-state index contributed by atoms with van der Waals surface area (Å²) in [7, 11) is 3.98. The van der Waals surface area contributed by atoms with Crippen molar-refractivity contribution in [3.05, 3.63) is 59.7 Å². The van der Waals surface area contributed by atoms with Crippen molar-refractivity contribution in [1.29, 1.82) is 0 Å². The molecule has 0 bridgehead atoms. The van der Waals surface area contributed by atoms with E-state index < -0.39 is 0 Å². The highest BCUT2D eigenvalue weighted by molar-refractivity contribution is 7.98. The van der Waals surface area contributed by atoms with Gasteiger partial charge in [-0.05, 0) is 30.5 Å². The molecular weight excluding hydrogens is 304 g/mol. The lowest BCUT2D eigenvalue weighted by Gasteiger charge is -2.13. The van der Waals surface area contributed by atoms with E-state index in [0.29, 0.717) is 12.1 Å². The van der Waals surface area contributed by atoms with Crippen LogP contribution in [-0.4, -0.2) is 32.8 Å². The molecule has 1 amide bonds. The normalized spacial score (nSPS) is 9.70. The fourth-order valence-electron chi connectivity index (χ4n) is 2.16. The van der Waals surface area contributed by atoms with E-state index in [4.69, 9.17) is 0 Å². The van der Waals surface area contributed by atoms with Crippen molar-refractivity contribution in [2.45, 2.75) is 4.90 Å². The Morgan fingerprint density at radius 3 is 2.57 bits per heavy atom. The Hall–Kier alpha value is -2.38. The van der Waals surface area contributed by atoms with Gasteiger partial charge in [-0.25, -0.2) is 0 Å². The molecule has 0 saturated carbocycles. The molecule has 0 radical (unpaired) electrons. The molecule has 0 unspecified atom stereocenters. The number of nitrogens with one attached hydrogen (secondary N) is 1.